The largest absolute Gasteiger partial charge is 0.374 e. The first kappa shape index (κ1) is 21.0. The Labute approximate surface area is 159 Å². The van der Waals surface area contributed by atoms with Gasteiger partial charge in [-0.1, -0.05) is 25.7 Å². The van der Waals surface area contributed by atoms with E-state index in [2.05, 4.69) is 34.5 Å². The lowest BCUT2D eigenvalue weighted by molar-refractivity contribution is -0.0136. The zero-order valence-corrected chi connectivity index (χ0v) is 17.2. The van der Waals surface area contributed by atoms with Crippen molar-refractivity contribution in [1.29, 1.82) is 0 Å². The molecule has 6 heteroatoms. The highest BCUT2D eigenvalue weighted by Gasteiger charge is 2.17. The fourth-order valence-corrected chi connectivity index (χ4v) is 3.41. The van der Waals surface area contributed by atoms with Gasteiger partial charge in [-0.2, -0.15) is 0 Å². The van der Waals surface area contributed by atoms with Crippen molar-refractivity contribution in [1.82, 2.24) is 15.5 Å². The monoisotopic (exact) mass is 438 g/mol. The summed E-state index contributed by atoms with van der Waals surface area (Å²) in [5.41, 5.74) is 0. The first-order chi connectivity index (χ1) is 10.8. The molecule has 0 amide bonds. The standard InChI is InChI=1S/C17H34N4O.HI/c1-3-18-17(19-10-6-9-15-7-4-5-8-15)20-13-16-14-21(2)11-12-22-16;/h15-16H,3-14H2,1-2H3,(H2,18,19,20);1H. The fourth-order valence-electron chi connectivity index (χ4n) is 3.41. The van der Waals surface area contributed by atoms with E-state index in [1.54, 1.807) is 0 Å². The third kappa shape index (κ3) is 8.54. The van der Waals surface area contributed by atoms with Crippen LogP contribution in [0, 0.1) is 5.92 Å². The van der Waals surface area contributed by atoms with E-state index in [1.807, 2.05) is 0 Å². The van der Waals surface area contributed by atoms with Crippen LogP contribution in [0.4, 0.5) is 0 Å². The number of nitrogens with zero attached hydrogens (tertiary/aromatic N) is 2. The Kier molecular flexibility index (Phi) is 11.2. The van der Waals surface area contributed by atoms with Gasteiger partial charge in [0.05, 0.1) is 19.3 Å². The number of aliphatic imine (C=N–C) groups is 1. The van der Waals surface area contributed by atoms with E-state index in [0.29, 0.717) is 0 Å². The highest BCUT2D eigenvalue weighted by atomic mass is 127. The van der Waals surface area contributed by atoms with Crippen LogP contribution < -0.4 is 10.6 Å². The van der Waals surface area contributed by atoms with Crippen LogP contribution in [0.3, 0.4) is 0 Å². The van der Waals surface area contributed by atoms with Crippen molar-refractivity contribution in [2.75, 3.05) is 46.4 Å². The normalized spacial score (nSPS) is 23.6. The number of guanidine groups is 1. The molecule has 23 heavy (non-hydrogen) atoms. The molecule has 0 aromatic rings. The van der Waals surface area contributed by atoms with E-state index >= 15 is 0 Å². The molecule has 1 atom stereocenters. The van der Waals surface area contributed by atoms with Gasteiger partial charge in [0.1, 0.15) is 0 Å². The minimum atomic E-state index is 0. The third-order valence-electron chi connectivity index (χ3n) is 4.70. The quantitative estimate of drug-likeness (QED) is 0.278. The number of hydrogen-bond donors (Lipinski definition) is 2. The molecule has 5 nitrogen and oxygen atoms in total. The molecule has 2 fully saturated rings. The van der Waals surface area contributed by atoms with E-state index < -0.39 is 0 Å². The molecule has 1 saturated carbocycles. The molecule has 1 aliphatic heterocycles. The van der Waals surface area contributed by atoms with Gasteiger partial charge in [0.25, 0.3) is 0 Å². The molecule has 1 heterocycles. The van der Waals surface area contributed by atoms with Gasteiger partial charge in [0.15, 0.2) is 5.96 Å². The molecule has 0 aromatic carbocycles. The van der Waals surface area contributed by atoms with Crippen molar-refractivity contribution >= 4 is 29.9 Å². The summed E-state index contributed by atoms with van der Waals surface area (Å²) in [6.45, 7) is 7.60. The Morgan fingerprint density at radius 2 is 2.04 bits per heavy atom. The second-order valence-electron chi connectivity index (χ2n) is 6.69. The molecule has 2 rings (SSSR count). The Morgan fingerprint density at radius 3 is 2.74 bits per heavy atom. The molecule has 136 valence electrons. The zero-order chi connectivity index (χ0) is 15.6. The minimum absolute atomic E-state index is 0. The summed E-state index contributed by atoms with van der Waals surface area (Å²) in [7, 11) is 2.14. The zero-order valence-electron chi connectivity index (χ0n) is 14.9. The van der Waals surface area contributed by atoms with Gasteiger partial charge in [-0.25, -0.2) is 0 Å². The van der Waals surface area contributed by atoms with Crippen LogP contribution in [0.15, 0.2) is 4.99 Å². The van der Waals surface area contributed by atoms with E-state index in [4.69, 9.17) is 4.74 Å². The second kappa shape index (κ2) is 12.3. The number of nitrogens with one attached hydrogen (secondary N) is 2. The third-order valence-corrected chi connectivity index (χ3v) is 4.70. The molecule has 1 unspecified atom stereocenters. The van der Waals surface area contributed by atoms with Crippen molar-refractivity contribution in [3.05, 3.63) is 0 Å². The summed E-state index contributed by atoms with van der Waals surface area (Å²) in [6.07, 6.45) is 8.62. The number of rotatable bonds is 7. The number of morpholine rings is 1. The van der Waals surface area contributed by atoms with Crippen LogP contribution in [-0.2, 0) is 4.74 Å². The molecule has 1 saturated heterocycles. The summed E-state index contributed by atoms with van der Waals surface area (Å²) in [4.78, 5) is 6.99. The summed E-state index contributed by atoms with van der Waals surface area (Å²) >= 11 is 0. The molecule has 2 N–H and O–H groups in total. The second-order valence-corrected chi connectivity index (χ2v) is 6.69. The first-order valence-corrected chi connectivity index (χ1v) is 9.10. The van der Waals surface area contributed by atoms with E-state index in [-0.39, 0.29) is 30.1 Å². The predicted molar refractivity (Wildman–Crippen MR) is 108 cm³/mol. The van der Waals surface area contributed by atoms with Crippen molar-refractivity contribution in [2.45, 2.75) is 51.6 Å². The van der Waals surface area contributed by atoms with Gasteiger partial charge in [-0.15, -0.1) is 24.0 Å². The lowest BCUT2D eigenvalue weighted by Gasteiger charge is -2.29. The molecule has 0 spiro atoms. The molecule has 0 bridgehead atoms. The maximum Gasteiger partial charge on any atom is 0.191 e. The van der Waals surface area contributed by atoms with Crippen LogP contribution in [0.25, 0.3) is 0 Å². The van der Waals surface area contributed by atoms with Crippen molar-refractivity contribution in [3.63, 3.8) is 0 Å². The molecule has 0 radical (unpaired) electrons. The molecular weight excluding hydrogens is 403 g/mol. The highest BCUT2D eigenvalue weighted by Crippen LogP contribution is 2.28. The van der Waals surface area contributed by atoms with Gasteiger partial charge < -0.3 is 20.3 Å². The van der Waals surface area contributed by atoms with Crippen LogP contribution >= 0.6 is 24.0 Å². The van der Waals surface area contributed by atoms with Crippen molar-refractivity contribution in [2.24, 2.45) is 10.9 Å². The van der Waals surface area contributed by atoms with Gasteiger partial charge in [-0.3, -0.25) is 4.99 Å². The molecule has 2 aliphatic rings. The lowest BCUT2D eigenvalue weighted by atomic mass is 10.0. The van der Waals surface area contributed by atoms with Gasteiger partial charge in [0, 0.05) is 26.2 Å². The average molecular weight is 438 g/mol. The van der Waals surface area contributed by atoms with Crippen LogP contribution in [0.2, 0.25) is 0 Å². The van der Waals surface area contributed by atoms with Crippen LogP contribution in [0.5, 0.6) is 0 Å². The number of ether oxygens (including phenoxy) is 1. The van der Waals surface area contributed by atoms with Gasteiger partial charge in [0.2, 0.25) is 0 Å². The average Bonchev–Trinajstić information content (AvgIpc) is 3.02. The van der Waals surface area contributed by atoms with Gasteiger partial charge in [-0.05, 0) is 32.7 Å². The van der Waals surface area contributed by atoms with Crippen LogP contribution in [-0.4, -0.2) is 63.3 Å². The SMILES string of the molecule is CCNC(=NCC1CN(C)CCO1)NCCCC1CCCC1.I. The Hall–Kier alpha value is -0.0800. The van der Waals surface area contributed by atoms with Crippen LogP contribution in [0.1, 0.15) is 45.4 Å². The molecular formula is C17H35IN4O. The Bertz CT molecular complexity index is 335. The number of halogens is 1. The summed E-state index contributed by atoms with van der Waals surface area (Å²) in [5.74, 6) is 1.92. The van der Waals surface area contributed by atoms with E-state index in [1.165, 1.54) is 38.5 Å². The maximum atomic E-state index is 5.77. The van der Waals surface area contributed by atoms with Crippen molar-refractivity contribution in [3.8, 4) is 0 Å². The maximum absolute atomic E-state index is 5.77. The first-order valence-electron chi connectivity index (χ1n) is 9.10. The Morgan fingerprint density at radius 1 is 1.26 bits per heavy atom. The summed E-state index contributed by atoms with van der Waals surface area (Å²) in [5, 5.41) is 6.80. The van der Waals surface area contributed by atoms with Gasteiger partial charge >= 0.3 is 0 Å². The summed E-state index contributed by atoms with van der Waals surface area (Å²) in [6, 6.07) is 0. The van der Waals surface area contributed by atoms with E-state index in [9.17, 15) is 0 Å². The van der Waals surface area contributed by atoms with E-state index in [0.717, 1.165) is 51.2 Å². The lowest BCUT2D eigenvalue weighted by Crippen LogP contribution is -2.43. The van der Waals surface area contributed by atoms with Crippen molar-refractivity contribution < 1.29 is 4.74 Å². The summed E-state index contributed by atoms with van der Waals surface area (Å²) < 4.78 is 5.77. The Balaban J connectivity index is 0.00000264. The highest BCUT2D eigenvalue weighted by molar-refractivity contribution is 14.0. The number of hydrogen-bond acceptors (Lipinski definition) is 3. The smallest absolute Gasteiger partial charge is 0.191 e. The number of likely N-dealkylation sites (N-methyl/N-ethyl adjacent to an activating group) is 1. The topological polar surface area (TPSA) is 48.9 Å². The molecule has 0 aromatic heterocycles. The minimum Gasteiger partial charge on any atom is -0.374 e. The fraction of sp³-hybridized carbons (Fsp3) is 0.941. The molecule has 1 aliphatic carbocycles. The predicted octanol–water partition coefficient (Wildman–Crippen LogP) is 2.46.